The Labute approximate surface area is 166 Å². The van der Waals surface area contributed by atoms with E-state index in [0.717, 1.165) is 30.7 Å². The van der Waals surface area contributed by atoms with Crippen molar-refractivity contribution in [3.05, 3.63) is 59.4 Å². The molecule has 1 aliphatic heterocycles. The van der Waals surface area contributed by atoms with E-state index >= 15 is 0 Å². The SMILES string of the molecule is CC1(CN)CCN(C(=O)c2cc(F)ccc2-c2cccc(C(F)(F)F)c2)C1.Cl. The van der Waals surface area contributed by atoms with E-state index < -0.39 is 23.5 Å². The smallest absolute Gasteiger partial charge is 0.338 e. The average molecular weight is 417 g/mol. The monoisotopic (exact) mass is 416 g/mol. The molecule has 1 atom stereocenters. The van der Waals surface area contributed by atoms with E-state index in [9.17, 15) is 22.4 Å². The van der Waals surface area contributed by atoms with Gasteiger partial charge in [0.25, 0.3) is 5.91 Å². The number of amides is 1. The summed E-state index contributed by atoms with van der Waals surface area (Å²) in [6, 6.07) is 8.25. The number of carbonyl (C=O) groups excluding carboxylic acids is 1. The van der Waals surface area contributed by atoms with E-state index in [4.69, 9.17) is 5.73 Å². The second-order valence-corrected chi connectivity index (χ2v) is 7.26. The van der Waals surface area contributed by atoms with Crippen LogP contribution >= 0.6 is 12.4 Å². The highest BCUT2D eigenvalue weighted by atomic mass is 35.5. The molecule has 0 saturated carbocycles. The number of hydrogen-bond donors (Lipinski definition) is 1. The van der Waals surface area contributed by atoms with Gasteiger partial charge in [-0.15, -0.1) is 12.4 Å². The first kappa shape index (κ1) is 22.2. The fourth-order valence-electron chi connectivity index (χ4n) is 3.34. The molecule has 1 amide bonds. The van der Waals surface area contributed by atoms with Gasteiger partial charge in [-0.2, -0.15) is 13.2 Å². The maximum Gasteiger partial charge on any atom is 0.416 e. The first-order valence-electron chi connectivity index (χ1n) is 8.59. The predicted octanol–water partition coefficient (Wildman–Crippen LogP) is 4.74. The zero-order valence-corrected chi connectivity index (χ0v) is 16.0. The number of rotatable bonds is 3. The van der Waals surface area contributed by atoms with E-state index in [1.807, 2.05) is 6.92 Å². The molecule has 0 aromatic heterocycles. The van der Waals surface area contributed by atoms with Crippen LogP contribution in [0.4, 0.5) is 17.6 Å². The van der Waals surface area contributed by atoms with Crippen LogP contribution in [-0.2, 0) is 6.18 Å². The molecule has 1 unspecified atom stereocenters. The zero-order chi connectivity index (χ0) is 19.8. The van der Waals surface area contributed by atoms with Gasteiger partial charge in [-0.05, 0) is 53.8 Å². The van der Waals surface area contributed by atoms with Crippen molar-refractivity contribution in [1.29, 1.82) is 0 Å². The van der Waals surface area contributed by atoms with Gasteiger partial charge in [-0.3, -0.25) is 4.79 Å². The minimum Gasteiger partial charge on any atom is -0.338 e. The number of hydrogen-bond acceptors (Lipinski definition) is 2. The van der Waals surface area contributed by atoms with Crippen molar-refractivity contribution in [2.24, 2.45) is 11.1 Å². The van der Waals surface area contributed by atoms with Crippen LogP contribution in [0.3, 0.4) is 0 Å². The zero-order valence-electron chi connectivity index (χ0n) is 15.2. The quantitative estimate of drug-likeness (QED) is 0.734. The van der Waals surface area contributed by atoms with Crippen molar-refractivity contribution in [3.8, 4) is 11.1 Å². The van der Waals surface area contributed by atoms with Gasteiger partial charge in [0.15, 0.2) is 0 Å². The molecule has 1 saturated heterocycles. The van der Waals surface area contributed by atoms with Crippen molar-refractivity contribution < 1.29 is 22.4 Å². The molecule has 2 aromatic rings. The van der Waals surface area contributed by atoms with Crippen LogP contribution in [-0.4, -0.2) is 30.4 Å². The number of likely N-dealkylation sites (tertiary alicyclic amines) is 1. The minimum absolute atomic E-state index is 0. The third-order valence-corrected chi connectivity index (χ3v) is 5.05. The Balaban J connectivity index is 0.00000280. The Morgan fingerprint density at radius 1 is 1.21 bits per heavy atom. The molecule has 1 fully saturated rings. The molecule has 3 rings (SSSR count). The van der Waals surface area contributed by atoms with Gasteiger partial charge in [-0.25, -0.2) is 4.39 Å². The van der Waals surface area contributed by atoms with Gasteiger partial charge < -0.3 is 10.6 Å². The van der Waals surface area contributed by atoms with E-state index in [1.165, 1.54) is 18.2 Å². The summed E-state index contributed by atoms with van der Waals surface area (Å²) in [5.74, 6) is -1.02. The molecule has 1 heterocycles. The summed E-state index contributed by atoms with van der Waals surface area (Å²) >= 11 is 0. The summed E-state index contributed by atoms with van der Waals surface area (Å²) in [4.78, 5) is 14.6. The normalized spacial score (nSPS) is 19.4. The van der Waals surface area contributed by atoms with Crippen LogP contribution in [0.25, 0.3) is 11.1 Å². The van der Waals surface area contributed by atoms with E-state index in [2.05, 4.69) is 0 Å². The molecular formula is C20H21ClF4N2O. The summed E-state index contributed by atoms with van der Waals surface area (Å²) in [6.45, 7) is 3.30. The van der Waals surface area contributed by atoms with Crippen molar-refractivity contribution in [2.75, 3.05) is 19.6 Å². The number of alkyl halides is 3. The van der Waals surface area contributed by atoms with Gasteiger partial charge in [0.1, 0.15) is 5.82 Å². The van der Waals surface area contributed by atoms with Gasteiger partial charge >= 0.3 is 6.18 Å². The van der Waals surface area contributed by atoms with E-state index in [0.29, 0.717) is 19.6 Å². The van der Waals surface area contributed by atoms with Gasteiger partial charge in [-0.1, -0.05) is 25.1 Å². The van der Waals surface area contributed by atoms with Crippen molar-refractivity contribution in [3.63, 3.8) is 0 Å². The molecule has 152 valence electrons. The maximum atomic E-state index is 13.8. The van der Waals surface area contributed by atoms with Crippen LogP contribution in [0.2, 0.25) is 0 Å². The molecule has 0 spiro atoms. The number of nitrogens with two attached hydrogens (primary N) is 1. The van der Waals surface area contributed by atoms with Crippen molar-refractivity contribution >= 4 is 18.3 Å². The summed E-state index contributed by atoms with van der Waals surface area (Å²) in [5, 5.41) is 0. The Hall–Kier alpha value is -2.12. The molecule has 8 heteroatoms. The van der Waals surface area contributed by atoms with E-state index in [-0.39, 0.29) is 34.5 Å². The molecule has 1 aliphatic rings. The lowest BCUT2D eigenvalue weighted by molar-refractivity contribution is -0.137. The third-order valence-electron chi connectivity index (χ3n) is 5.05. The second-order valence-electron chi connectivity index (χ2n) is 7.26. The fraction of sp³-hybridized carbons (Fsp3) is 0.350. The highest BCUT2D eigenvalue weighted by Gasteiger charge is 2.36. The molecule has 0 aliphatic carbocycles. The second kappa shape index (κ2) is 8.09. The Morgan fingerprint density at radius 2 is 1.93 bits per heavy atom. The Bertz CT molecular complexity index is 872. The fourth-order valence-corrected chi connectivity index (χ4v) is 3.34. The van der Waals surface area contributed by atoms with Crippen molar-refractivity contribution in [1.82, 2.24) is 4.90 Å². The lowest BCUT2D eigenvalue weighted by Gasteiger charge is -2.23. The summed E-state index contributed by atoms with van der Waals surface area (Å²) < 4.78 is 52.9. The van der Waals surface area contributed by atoms with Crippen molar-refractivity contribution in [2.45, 2.75) is 19.5 Å². The topological polar surface area (TPSA) is 46.3 Å². The van der Waals surface area contributed by atoms with Gasteiger partial charge in [0.2, 0.25) is 0 Å². The van der Waals surface area contributed by atoms with Crippen LogP contribution in [0.1, 0.15) is 29.3 Å². The number of benzene rings is 2. The molecular weight excluding hydrogens is 396 g/mol. The lowest BCUT2D eigenvalue weighted by atomic mass is 9.90. The van der Waals surface area contributed by atoms with Gasteiger partial charge in [0, 0.05) is 13.1 Å². The molecule has 0 radical (unpaired) electrons. The molecule has 0 bridgehead atoms. The molecule has 2 aromatic carbocycles. The first-order chi connectivity index (χ1) is 12.6. The highest BCUT2D eigenvalue weighted by Crippen LogP contribution is 2.35. The molecule has 3 nitrogen and oxygen atoms in total. The Morgan fingerprint density at radius 3 is 2.54 bits per heavy atom. The number of halogens is 5. The first-order valence-corrected chi connectivity index (χ1v) is 8.59. The third kappa shape index (κ3) is 4.47. The summed E-state index contributed by atoms with van der Waals surface area (Å²) in [6.07, 6.45) is -3.78. The van der Waals surface area contributed by atoms with Crippen LogP contribution in [0.15, 0.2) is 42.5 Å². The number of carbonyl (C=O) groups is 1. The Kier molecular flexibility index (Phi) is 6.41. The summed E-state index contributed by atoms with van der Waals surface area (Å²) in [5.41, 5.74) is 5.28. The lowest BCUT2D eigenvalue weighted by Crippen LogP contribution is -2.34. The maximum absolute atomic E-state index is 13.8. The highest BCUT2D eigenvalue weighted by molar-refractivity contribution is 6.01. The molecule has 2 N–H and O–H groups in total. The number of nitrogens with zero attached hydrogens (tertiary/aromatic N) is 1. The van der Waals surface area contributed by atoms with E-state index in [1.54, 1.807) is 4.90 Å². The van der Waals surface area contributed by atoms with Crippen LogP contribution in [0.5, 0.6) is 0 Å². The summed E-state index contributed by atoms with van der Waals surface area (Å²) in [7, 11) is 0. The average Bonchev–Trinajstić information content (AvgIpc) is 3.03. The minimum atomic E-state index is -4.50. The standard InChI is InChI=1S/C20H20F4N2O.ClH/c1-19(11-25)7-8-26(12-19)18(27)17-10-15(21)5-6-16(17)13-3-2-4-14(9-13)20(22,23)24;/h2-6,9-10H,7-8,11-12,25H2,1H3;1H. The molecule has 28 heavy (non-hydrogen) atoms. The largest absolute Gasteiger partial charge is 0.416 e. The van der Waals surface area contributed by atoms with Crippen LogP contribution in [0, 0.1) is 11.2 Å². The predicted molar refractivity (Wildman–Crippen MR) is 102 cm³/mol. The van der Waals surface area contributed by atoms with Gasteiger partial charge in [0.05, 0.1) is 11.1 Å². The van der Waals surface area contributed by atoms with Crippen LogP contribution < -0.4 is 5.73 Å².